The monoisotopic (exact) mass is 256 g/mol. The van der Waals surface area contributed by atoms with Crippen molar-refractivity contribution in [2.75, 3.05) is 29.9 Å². The van der Waals surface area contributed by atoms with Gasteiger partial charge in [0.25, 0.3) is 5.95 Å². The normalized spacial score (nSPS) is 21.5. The summed E-state index contributed by atoms with van der Waals surface area (Å²) in [6.07, 6.45) is 2.44. The molecule has 1 aromatic heterocycles. The van der Waals surface area contributed by atoms with E-state index in [4.69, 9.17) is 4.52 Å². The Balaban J connectivity index is 1.63. The molecule has 0 aliphatic carbocycles. The standard InChI is InChI=1S/C14H16N4O/c1-2-6-12-10(5-1)11(9-15-12)13-16-14(17-19-13)18-7-3-4-8-18/h1-2,5-6,11,15H,3-4,7-9H2. The molecule has 4 rings (SSSR count). The third-order valence-electron chi connectivity index (χ3n) is 3.95. The van der Waals surface area contributed by atoms with Crippen LogP contribution in [0.25, 0.3) is 0 Å². The molecule has 0 amide bonds. The Bertz CT molecular complexity index is 589. The zero-order valence-corrected chi connectivity index (χ0v) is 10.7. The molecule has 1 atom stereocenters. The van der Waals surface area contributed by atoms with Gasteiger partial charge in [-0.2, -0.15) is 4.98 Å². The zero-order chi connectivity index (χ0) is 12.7. The van der Waals surface area contributed by atoms with Crippen LogP contribution in [0.3, 0.4) is 0 Å². The summed E-state index contributed by atoms with van der Waals surface area (Å²) in [5.74, 6) is 1.65. The van der Waals surface area contributed by atoms with Crippen LogP contribution in [-0.2, 0) is 0 Å². The highest BCUT2D eigenvalue weighted by Gasteiger charge is 2.29. The summed E-state index contributed by atoms with van der Waals surface area (Å²) < 4.78 is 5.48. The number of hydrogen-bond donors (Lipinski definition) is 1. The Morgan fingerprint density at radius 2 is 2.05 bits per heavy atom. The maximum atomic E-state index is 5.48. The molecule has 1 fully saturated rings. The average molecular weight is 256 g/mol. The van der Waals surface area contributed by atoms with Crippen molar-refractivity contribution in [2.24, 2.45) is 0 Å². The van der Waals surface area contributed by atoms with E-state index in [0.717, 1.165) is 31.5 Å². The summed E-state index contributed by atoms with van der Waals surface area (Å²) in [4.78, 5) is 6.78. The summed E-state index contributed by atoms with van der Waals surface area (Å²) in [6.45, 7) is 2.91. The summed E-state index contributed by atoms with van der Waals surface area (Å²) in [5.41, 5.74) is 2.42. The van der Waals surface area contributed by atoms with Gasteiger partial charge in [0.15, 0.2) is 0 Å². The number of anilines is 2. The maximum Gasteiger partial charge on any atom is 0.266 e. The molecule has 0 saturated carbocycles. The quantitative estimate of drug-likeness (QED) is 0.893. The molecule has 1 aromatic carbocycles. The van der Waals surface area contributed by atoms with Crippen LogP contribution in [0.4, 0.5) is 11.6 Å². The van der Waals surface area contributed by atoms with Gasteiger partial charge in [-0.25, -0.2) is 0 Å². The van der Waals surface area contributed by atoms with Crippen molar-refractivity contribution in [3.05, 3.63) is 35.7 Å². The highest BCUT2D eigenvalue weighted by molar-refractivity contribution is 5.59. The molecule has 2 aliphatic rings. The largest absolute Gasteiger partial charge is 0.384 e. The van der Waals surface area contributed by atoms with Crippen LogP contribution in [0.1, 0.15) is 30.2 Å². The van der Waals surface area contributed by atoms with Gasteiger partial charge in [0.1, 0.15) is 0 Å². The van der Waals surface area contributed by atoms with Gasteiger partial charge in [-0.3, -0.25) is 0 Å². The van der Waals surface area contributed by atoms with Gasteiger partial charge < -0.3 is 14.7 Å². The summed E-state index contributed by atoms with van der Waals surface area (Å²) in [6, 6.07) is 8.31. The molecule has 1 unspecified atom stereocenters. The van der Waals surface area contributed by atoms with E-state index in [1.54, 1.807) is 0 Å². The van der Waals surface area contributed by atoms with Gasteiger partial charge in [0.2, 0.25) is 5.89 Å². The number of para-hydroxylation sites is 1. The van der Waals surface area contributed by atoms with E-state index in [1.165, 1.54) is 24.1 Å². The van der Waals surface area contributed by atoms with Crippen LogP contribution in [0.15, 0.2) is 28.8 Å². The molecule has 5 heteroatoms. The molecule has 98 valence electrons. The summed E-state index contributed by atoms with van der Waals surface area (Å²) in [5, 5.41) is 7.51. The van der Waals surface area contributed by atoms with Crippen LogP contribution in [0.5, 0.6) is 0 Å². The van der Waals surface area contributed by atoms with Gasteiger partial charge in [-0.15, -0.1) is 0 Å². The van der Waals surface area contributed by atoms with E-state index in [9.17, 15) is 0 Å². The highest BCUT2D eigenvalue weighted by Crippen LogP contribution is 2.35. The molecular formula is C14H16N4O. The molecule has 0 radical (unpaired) electrons. The van der Waals surface area contributed by atoms with Crippen molar-refractivity contribution in [1.29, 1.82) is 0 Å². The Morgan fingerprint density at radius 3 is 2.95 bits per heavy atom. The predicted octanol–water partition coefficient (Wildman–Crippen LogP) is 2.23. The Kier molecular flexibility index (Phi) is 2.43. The van der Waals surface area contributed by atoms with Crippen LogP contribution in [0, 0.1) is 0 Å². The molecule has 3 heterocycles. The molecule has 2 aromatic rings. The molecule has 0 spiro atoms. The van der Waals surface area contributed by atoms with Crippen molar-refractivity contribution in [2.45, 2.75) is 18.8 Å². The number of nitrogens with one attached hydrogen (secondary N) is 1. The summed E-state index contributed by atoms with van der Waals surface area (Å²) >= 11 is 0. The lowest BCUT2D eigenvalue weighted by atomic mass is 10.0. The number of fused-ring (bicyclic) bond motifs is 1. The lowest BCUT2D eigenvalue weighted by Gasteiger charge is -2.10. The third kappa shape index (κ3) is 1.77. The molecule has 2 aliphatic heterocycles. The van der Waals surface area contributed by atoms with E-state index < -0.39 is 0 Å². The number of rotatable bonds is 2. The molecular weight excluding hydrogens is 240 g/mol. The third-order valence-corrected chi connectivity index (χ3v) is 3.95. The number of benzene rings is 1. The van der Waals surface area contributed by atoms with Crippen molar-refractivity contribution >= 4 is 11.6 Å². The molecule has 19 heavy (non-hydrogen) atoms. The fourth-order valence-corrected chi connectivity index (χ4v) is 2.92. The van der Waals surface area contributed by atoms with Crippen LogP contribution in [0.2, 0.25) is 0 Å². The number of nitrogens with zero attached hydrogens (tertiary/aromatic N) is 3. The highest BCUT2D eigenvalue weighted by atomic mass is 16.5. The van der Waals surface area contributed by atoms with Gasteiger partial charge in [-0.05, 0) is 29.6 Å². The first-order valence-corrected chi connectivity index (χ1v) is 6.83. The minimum absolute atomic E-state index is 0.181. The van der Waals surface area contributed by atoms with Crippen LogP contribution < -0.4 is 10.2 Å². The first-order valence-electron chi connectivity index (χ1n) is 6.83. The van der Waals surface area contributed by atoms with E-state index in [2.05, 4.69) is 38.6 Å². The zero-order valence-electron chi connectivity index (χ0n) is 10.7. The minimum atomic E-state index is 0.181. The van der Waals surface area contributed by atoms with E-state index in [0.29, 0.717) is 0 Å². The predicted molar refractivity (Wildman–Crippen MR) is 72.5 cm³/mol. The second kappa shape index (κ2) is 4.26. The first-order chi connectivity index (χ1) is 9.42. The van der Waals surface area contributed by atoms with Crippen LogP contribution in [-0.4, -0.2) is 29.8 Å². The van der Waals surface area contributed by atoms with Gasteiger partial charge in [-0.1, -0.05) is 18.2 Å². The van der Waals surface area contributed by atoms with Gasteiger partial charge >= 0.3 is 0 Å². The SMILES string of the molecule is c1ccc2c(c1)NCC2c1nc(N2CCCC2)no1. The lowest BCUT2D eigenvalue weighted by Crippen LogP contribution is -2.19. The Hall–Kier alpha value is -2.04. The van der Waals surface area contributed by atoms with Crippen molar-refractivity contribution in [3.8, 4) is 0 Å². The fourth-order valence-electron chi connectivity index (χ4n) is 2.92. The lowest BCUT2D eigenvalue weighted by molar-refractivity contribution is 0.369. The van der Waals surface area contributed by atoms with Crippen LogP contribution >= 0.6 is 0 Å². The van der Waals surface area contributed by atoms with E-state index >= 15 is 0 Å². The second-order valence-electron chi connectivity index (χ2n) is 5.15. The minimum Gasteiger partial charge on any atom is -0.384 e. The van der Waals surface area contributed by atoms with Crippen molar-refractivity contribution in [1.82, 2.24) is 10.1 Å². The van der Waals surface area contributed by atoms with E-state index in [1.807, 2.05) is 6.07 Å². The number of aromatic nitrogens is 2. The van der Waals surface area contributed by atoms with Gasteiger partial charge in [0.05, 0.1) is 5.92 Å². The van der Waals surface area contributed by atoms with Crippen molar-refractivity contribution in [3.63, 3.8) is 0 Å². The Labute approximate surface area is 111 Å². The molecule has 0 bridgehead atoms. The maximum absolute atomic E-state index is 5.48. The fraction of sp³-hybridized carbons (Fsp3) is 0.429. The molecule has 5 nitrogen and oxygen atoms in total. The number of hydrogen-bond acceptors (Lipinski definition) is 5. The van der Waals surface area contributed by atoms with Gasteiger partial charge in [0, 0.05) is 25.3 Å². The smallest absolute Gasteiger partial charge is 0.266 e. The van der Waals surface area contributed by atoms with E-state index in [-0.39, 0.29) is 5.92 Å². The average Bonchev–Trinajstić information content (AvgIpc) is 3.18. The summed E-state index contributed by atoms with van der Waals surface area (Å²) in [7, 11) is 0. The first kappa shape index (κ1) is 10.8. The van der Waals surface area contributed by atoms with Crippen molar-refractivity contribution < 1.29 is 4.52 Å². The Morgan fingerprint density at radius 1 is 1.21 bits per heavy atom. The molecule has 1 saturated heterocycles. The topological polar surface area (TPSA) is 54.2 Å². The second-order valence-corrected chi connectivity index (χ2v) is 5.15. The molecule has 1 N–H and O–H groups in total.